The first-order chi connectivity index (χ1) is 12.8. The molecule has 1 heterocycles. The number of halogens is 1. The number of esters is 1. The van der Waals surface area contributed by atoms with Gasteiger partial charge in [-0.25, -0.2) is 4.68 Å². The molecule has 0 saturated heterocycles. The molecule has 0 aliphatic heterocycles. The zero-order valence-corrected chi connectivity index (χ0v) is 16.5. The summed E-state index contributed by atoms with van der Waals surface area (Å²) in [6, 6.07) is 19.0. The lowest BCUT2D eigenvalue weighted by molar-refractivity contribution is -0.134. The molecule has 3 rings (SSSR count). The highest BCUT2D eigenvalue weighted by Crippen LogP contribution is 2.28. The van der Waals surface area contributed by atoms with E-state index in [2.05, 4.69) is 25.9 Å². The van der Waals surface area contributed by atoms with E-state index in [4.69, 9.17) is 16.3 Å². The van der Waals surface area contributed by atoms with Crippen molar-refractivity contribution >= 4 is 17.6 Å². The van der Waals surface area contributed by atoms with Crippen molar-refractivity contribution < 1.29 is 9.53 Å². The Morgan fingerprint density at radius 2 is 1.74 bits per heavy atom. The molecule has 0 saturated carbocycles. The van der Waals surface area contributed by atoms with Gasteiger partial charge in [0.25, 0.3) is 0 Å². The van der Waals surface area contributed by atoms with Gasteiger partial charge in [0.2, 0.25) is 5.88 Å². The Labute approximate surface area is 164 Å². The first kappa shape index (κ1) is 19.2. The van der Waals surface area contributed by atoms with E-state index in [0.717, 1.165) is 16.9 Å². The first-order valence-electron chi connectivity index (χ1n) is 8.94. The third-order valence-electron chi connectivity index (χ3n) is 4.20. The molecule has 0 aliphatic rings. The van der Waals surface area contributed by atoms with E-state index in [1.807, 2.05) is 48.5 Å². The summed E-state index contributed by atoms with van der Waals surface area (Å²) in [5.41, 5.74) is 2.59. The van der Waals surface area contributed by atoms with E-state index in [-0.39, 0.29) is 11.4 Å². The highest BCUT2D eigenvalue weighted by atomic mass is 35.5. The standard InChI is InChI=1S/C22H23ClN2O2/c1-22(2,3)19-15-20(25(24-19)18-12-10-17(23)11-13-18)27-21(26)14-9-16-7-5-4-6-8-16/h4-8,10-13,15H,9,14H2,1-3H3. The number of carbonyl (C=O) groups excluding carboxylic acids is 1. The minimum absolute atomic E-state index is 0.164. The molecule has 27 heavy (non-hydrogen) atoms. The van der Waals surface area contributed by atoms with Crippen LogP contribution in [0.1, 0.15) is 38.4 Å². The van der Waals surface area contributed by atoms with Gasteiger partial charge in [-0.3, -0.25) is 4.79 Å². The molecule has 0 fully saturated rings. The normalized spacial score (nSPS) is 11.4. The third-order valence-corrected chi connectivity index (χ3v) is 4.45. The van der Waals surface area contributed by atoms with E-state index < -0.39 is 0 Å². The lowest BCUT2D eigenvalue weighted by Crippen LogP contribution is -2.13. The van der Waals surface area contributed by atoms with Crippen LogP contribution in [0.4, 0.5) is 0 Å². The monoisotopic (exact) mass is 382 g/mol. The van der Waals surface area contributed by atoms with Crippen LogP contribution in [0, 0.1) is 0 Å². The highest BCUT2D eigenvalue weighted by molar-refractivity contribution is 6.30. The van der Waals surface area contributed by atoms with Gasteiger partial charge in [0, 0.05) is 16.5 Å². The SMILES string of the molecule is CC(C)(C)c1cc(OC(=O)CCc2ccccc2)n(-c2ccc(Cl)cc2)n1. The summed E-state index contributed by atoms with van der Waals surface area (Å²) in [4.78, 5) is 12.4. The molecule has 0 amide bonds. The molecule has 0 bridgehead atoms. The summed E-state index contributed by atoms with van der Waals surface area (Å²) in [7, 11) is 0. The molecule has 0 atom stereocenters. The van der Waals surface area contributed by atoms with E-state index in [1.165, 1.54) is 0 Å². The second-order valence-electron chi connectivity index (χ2n) is 7.47. The van der Waals surface area contributed by atoms with E-state index in [0.29, 0.717) is 23.7 Å². The molecular formula is C22H23ClN2O2. The number of aromatic nitrogens is 2. The molecule has 0 radical (unpaired) electrons. The van der Waals surface area contributed by atoms with Gasteiger partial charge in [-0.15, -0.1) is 0 Å². The van der Waals surface area contributed by atoms with Crippen molar-refractivity contribution in [2.24, 2.45) is 0 Å². The average molecular weight is 383 g/mol. The molecule has 0 N–H and O–H groups in total. The Bertz CT molecular complexity index is 910. The Morgan fingerprint density at radius 3 is 2.37 bits per heavy atom. The second-order valence-corrected chi connectivity index (χ2v) is 7.90. The van der Waals surface area contributed by atoms with E-state index in [9.17, 15) is 4.79 Å². The predicted octanol–water partition coefficient (Wildman–Crippen LogP) is 5.36. The number of ether oxygens (including phenoxy) is 1. The Balaban J connectivity index is 1.81. The van der Waals surface area contributed by atoms with Crippen LogP contribution in [0.3, 0.4) is 0 Å². The molecule has 140 valence electrons. The molecule has 0 spiro atoms. The van der Waals surface area contributed by atoms with Gasteiger partial charge in [-0.05, 0) is 36.2 Å². The summed E-state index contributed by atoms with van der Waals surface area (Å²) in [6.45, 7) is 6.22. The van der Waals surface area contributed by atoms with Crippen molar-refractivity contribution in [2.75, 3.05) is 0 Å². The van der Waals surface area contributed by atoms with E-state index >= 15 is 0 Å². The van der Waals surface area contributed by atoms with Gasteiger partial charge in [0.15, 0.2) is 0 Å². The largest absolute Gasteiger partial charge is 0.407 e. The number of hydrogen-bond donors (Lipinski definition) is 0. The minimum Gasteiger partial charge on any atom is -0.407 e. The average Bonchev–Trinajstić information content (AvgIpc) is 3.06. The van der Waals surface area contributed by atoms with Gasteiger partial charge in [0.05, 0.1) is 17.8 Å². The zero-order chi connectivity index (χ0) is 19.4. The topological polar surface area (TPSA) is 44.1 Å². The highest BCUT2D eigenvalue weighted by Gasteiger charge is 2.22. The third kappa shape index (κ3) is 4.98. The van der Waals surface area contributed by atoms with Gasteiger partial charge < -0.3 is 4.74 Å². The molecule has 2 aromatic carbocycles. The predicted molar refractivity (Wildman–Crippen MR) is 108 cm³/mol. The summed E-state index contributed by atoms with van der Waals surface area (Å²) in [6.07, 6.45) is 0.946. The van der Waals surface area contributed by atoms with Crippen molar-refractivity contribution in [2.45, 2.75) is 39.0 Å². The fourth-order valence-electron chi connectivity index (χ4n) is 2.63. The zero-order valence-electron chi connectivity index (χ0n) is 15.8. The number of rotatable bonds is 5. The van der Waals surface area contributed by atoms with Crippen molar-refractivity contribution in [3.63, 3.8) is 0 Å². The van der Waals surface area contributed by atoms with Gasteiger partial charge in [0.1, 0.15) is 0 Å². The maximum Gasteiger partial charge on any atom is 0.312 e. The second kappa shape index (κ2) is 7.97. The maximum atomic E-state index is 12.4. The number of carbonyl (C=O) groups is 1. The number of benzene rings is 2. The van der Waals surface area contributed by atoms with Crippen LogP contribution in [0.25, 0.3) is 5.69 Å². The first-order valence-corrected chi connectivity index (χ1v) is 9.32. The molecule has 0 aliphatic carbocycles. The van der Waals surface area contributed by atoms with Crippen LogP contribution >= 0.6 is 11.6 Å². The van der Waals surface area contributed by atoms with Gasteiger partial charge in [-0.1, -0.05) is 62.7 Å². The van der Waals surface area contributed by atoms with Gasteiger partial charge in [-0.2, -0.15) is 5.10 Å². The fourth-order valence-corrected chi connectivity index (χ4v) is 2.76. The fraction of sp³-hybridized carbons (Fsp3) is 0.273. The van der Waals surface area contributed by atoms with Crippen LogP contribution in [0.15, 0.2) is 60.7 Å². The van der Waals surface area contributed by atoms with Crippen molar-refractivity contribution in [1.29, 1.82) is 0 Å². The number of aryl methyl sites for hydroxylation is 1. The number of hydrogen-bond acceptors (Lipinski definition) is 3. The summed E-state index contributed by atoms with van der Waals surface area (Å²) in [5.74, 6) is 0.134. The Kier molecular flexibility index (Phi) is 5.66. The quantitative estimate of drug-likeness (QED) is 0.558. The molecule has 3 aromatic rings. The van der Waals surface area contributed by atoms with Crippen LogP contribution in [-0.2, 0) is 16.6 Å². The van der Waals surface area contributed by atoms with Crippen LogP contribution in [-0.4, -0.2) is 15.7 Å². The Hall–Kier alpha value is -2.59. The lowest BCUT2D eigenvalue weighted by Gasteiger charge is -2.13. The van der Waals surface area contributed by atoms with Gasteiger partial charge >= 0.3 is 5.97 Å². The van der Waals surface area contributed by atoms with Crippen molar-refractivity contribution in [3.05, 3.63) is 76.9 Å². The Morgan fingerprint density at radius 1 is 1.07 bits per heavy atom. The van der Waals surface area contributed by atoms with Crippen LogP contribution < -0.4 is 4.74 Å². The van der Waals surface area contributed by atoms with Crippen LogP contribution in [0.5, 0.6) is 5.88 Å². The van der Waals surface area contributed by atoms with Crippen molar-refractivity contribution in [3.8, 4) is 11.6 Å². The van der Waals surface area contributed by atoms with Crippen LogP contribution in [0.2, 0.25) is 5.02 Å². The summed E-state index contributed by atoms with van der Waals surface area (Å²) >= 11 is 5.99. The van der Waals surface area contributed by atoms with Crippen molar-refractivity contribution in [1.82, 2.24) is 9.78 Å². The molecule has 4 nitrogen and oxygen atoms in total. The smallest absolute Gasteiger partial charge is 0.312 e. The minimum atomic E-state index is -0.283. The molecule has 1 aromatic heterocycles. The lowest BCUT2D eigenvalue weighted by atomic mass is 9.93. The molecule has 0 unspecified atom stereocenters. The summed E-state index contributed by atoms with van der Waals surface area (Å²) < 4.78 is 7.31. The molecular weight excluding hydrogens is 360 g/mol. The maximum absolute atomic E-state index is 12.4. The number of nitrogens with zero attached hydrogens (tertiary/aromatic N) is 2. The summed E-state index contributed by atoms with van der Waals surface area (Å²) in [5, 5.41) is 5.29. The van der Waals surface area contributed by atoms with E-state index in [1.54, 1.807) is 16.8 Å². The molecule has 5 heteroatoms.